The second kappa shape index (κ2) is 3.45. The fraction of sp³-hybridized carbons (Fsp3) is 0.250. The highest BCUT2D eigenvalue weighted by Crippen LogP contribution is 2.24. The second-order valence-electron chi connectivity index (χ2n) is 3.34. The molecule has 1 heteroatoms. The summed E-state index contributed by atoms with van der Waals surface area (Å²) >= 11 is 0. The minimum Gasteiger partial charge on any atom is -0.198 e. The van der Waals surface area contributed by atoms with Gasteiger partial charge in [-0.3, -0.25) is 0 Å². The summed E-state index contributed by atoms with van der Waals surface area (Å²) in [6, 6.07) is 10.6. The first-order valence-electron chi connectivity index (χ1n) is 4.54. The lowest BCUT2D eigenvalue weighted by atomic mass is 9.91. The number of aryl methyl sites for hydroxylation is 1. The SMILES string of the molecule is N#CCC1=Cc2ccccc2CC1. The molecule has 0 unspecified atom stereocenters. The number of allylic oxidation sites excluding steroid dienone is 1. The van der Waals surface area contributed by atoms with Gasteiger partial charge in [-0.15, -0.1) is 0 Å². The van der Waals surface area contributed by atoms with E-state index in [9.17, 15) is 0 Å². The molecule has 0 amide bonds. The minimum atomic E-state index is 0.578. The average Bonchev–Trinajstić information content (AvgIpc) is 2.18. The summed E-state index contributed by atoms with van der Waals surface area (Å²) < 4.78 is 0. The first kappa shape index (κ1) is 8.07. The molecule has 2 rings (SSSR count). The average molecular weight is 169 g/mol. The zero-order valence-corrected chi connectivity index (χ0v) is 7.46. The predicted molar refractivity (Wildman–Crippen MR) is 53.0 cm³/mol. The molecule has 0 N–H and O–H groups in total. The van der Waals surface area contributed by atoms with Gasteiger partial charge >= 0.3 is 0 Å². The molecule has 0 heterocycles. The smallest absolute Gasteiger partial charge is 0.0666 e. The van der Waals surface area contributed by atoms with Gasteiger partial charge in [0, 0.05) is 0 Å². The van der Waals surface area contributed by atoms with E-state index in [0.717, 1.165) is 12.8 Å². The van der Waals surface area contributed by atoms with Crippen LogP contribution < -0.4 is 0 Å². The molecule has 1 aromatic carbocycles. The maximum Gasteiger partial charge on any atom is 0.0666 e. The van der Waals surface area contributed by atoms with Gasteiger partial charge in [-0.1, -0.05) is 35.9 Å². The molecule has 0 aliphatic heterocycles. The van der Waals surface area contributed by atoms with Crippen molar-refractivity contribution < 1.29 is 0 Å². The van der Waals surface area contributed by atoms with Crippen molar-refractivity contribution in [3.8, 4) is 6.07 Å². The second-order valence-corrected chi connectivity index (χ2v) is 3.34. The Balaban J connectivity index is 2.34. The fourth-order valence-corrected chi connectivity index (χ4v) is 1.73. The van der Waals surface area contributed by atoms with Gasteiger partial charge in [-0.25, -0.2) is 0 Å². The topological polar surface area (TPSA) is 23.8 Å². The minimum absolute atomic E-state index is 0.578. The van der Waals surface area contributed by atoms with Gasteiger partial charge in [0.15, 0.2) is 0 Å². The zero-order chi connectivity index (χ0) is 9.10. The van der Waals surface area contributed by atoms with Crippen molar-refractivity contribution in [2.75, 3.05) is 0 Å². The predicted octanol–water partition coefficient (Wildman–Crippen LogP) is 2.93. The maximum absolute atomic E-state index is 8.58. The van der Waals surface area contributed by atoms with E-state index in [0.29, 0.717) is 6.42 Å². The standard InChI is InChI=1S/C12H11N/c13-8-7-10-5-6-11-3-1-2-4-12(11)9-10/h1-4,9H,5-7H2. The van der Waals surface area contributed by atoms with Crippen LogP contribution in [-0.2, 0) is 6.42 Å². The van der Waals surface area contributed by atoms with Crippen LogP contribution in [0.2, 0.25) is 0 Å². The number of rotatable bonds is 1. The molecular weight excluding hydrogens is 158 g/mol. The number of fused-ring (bicyclic) bond motifs is 1. The summed E-state index contributed by atoms with van der Waals surface area (Å²) in [5.41, 5.74) is 3.96. The largest absolute Gasteiger partial charge is 0.198 e. The number of benzene rings is 1. The maximum atomic E-state index is 8.58. The van der Waals surface area contributed by atoms with Crippen molar-refractivity contribution in [2.24, 2.45) is 0 Å². The summed E-state index contributed by atoms with van der Waals surface area (Å²) in [7, 11) is 0. The summed E-state index contributed by atoms with van der Waals surface area (Å²) in [4.78, 5) is 0. The molecule has 1 aliphatic carbocycles. The third-order valence-corrected chi connectivity index (χ3v) is 2.44. The van der Waals surface area contributed by atoms with E-state index >= 15 is 0 Å². The molecule has 0 spiro atoms. The van der Waals surface area contributed by atoms with Gasteiger partial charge in [-0.2, -0.15) is 5.26 Å². The molecule has 64 valence electrons. The molecule has 0 saturated carbocycles. The summed E-state index contributed by atoms with van der Waals surface area (Å²) in [5.74, 6) is 0. The molecule has 0 atom stereocenters. The van der Waals surface area contributed by atoms with Crippen molar-refractivity contribution in [2.45, 2.75) is 19.3 Å². The van der Waals surface area contributed by atoms with Gasteiger partial charge in [0.25, 0.3) is 0 Å². The Morgan fingerprint density at radius 2 is 2.08 bits per heavy atom. The molecule has 0 saturated heterocycles. The van der Waals surface area contributed by atoms with Crippen molar-refractivity contribution in [3.05, 3.63) is 41.0 Å². The van der Waals surface area contributed by atoms with E-state index < -0.39 is 0 Å². The van der Waals surface area contributed by atoms with Crippen LogP contribution in [0.4, 0.5) is 0 Å². The Morgan fingerprint density at radius 1 is 1.23 bits per heavy atom. The van der Waals surface area contributed by atoms with Gasteiger partial charge < -0.3 is 0 Å². The Hall–Kier alpha value is -1.55. The van der Waals surface area contributed by atoms with Crippen molar-refractivity contribution in [1.29, 1.82) is 5.26 Å². The number of nitrogens with zero attached hydrogens (tertiary/aromatic N) is 1. The summed E-state index contributed by atoms with van der Waals surface area (Å²) in [6.45, 7) is 0. The summed E-state index contributed by atoms with van der Waals surface area (Å²) in [5, 5.41) is 8.58. The zero-order valence-electron chi connectivity index (χ0n) is 7.46. The third-order valence-electron chi connectivity index (χ3n) is 2.44. The molecular formula is C12H11N. The molecule has 1 aliphatic rings. The van der Waals surface area contributed by atoms with E-state index in [1.54, 1.807) is 0 Å². The van der Waals surface area contributed by atoms with Crippen LogP contribution in [0.25, 0.3) is 6.08 Å². The van der Waals surface area contributed by atoms with E-state index in [1.165, 1.54) is 16.7 Å². The summed E-state index contributed by atoms with van der Waals surface area (Å²) in [6.07, 6.45) is 4.87. The Labute approximate surface area is 78.3 Å². The van der Waals surface area contributed by atoms with Crippen LogP contribution in [0.5, 0.6) is 0 Å². The van der Waals surface area contributed by atoms with Crippen LogP contribution in [0, 0.1) is 11.3 Å². The van der Waals surface area contributed by atoms with Gasteiger partial charge in [0.05, 0.1) is 12.5 Å². The van der Waals surface area contributed by atoms with Crippen LogP contribution in [0.15, 0.2) is 29.8 Å². The van der Waals surface area contributed by atoms with Crippen molar-refractivity contribution in [3.63, 3.8) is 0 Å². The van der Waals surface area contributed by atoms with Crippen molar-refractivity contribution >= 4 is 6.08 Å². The highest BCUT2D eigenvalue weighted by molar-refractivity contribution is 5.59. The van der Waals surface area contributed by atoms with Crippen LogP contribution in [0.3, 0.4) is 0 Å². The quantitative estimate of drug-likeness (QED) is 0.634. The van der Waals surface area contributed by atoms with E-state index in [4.69, 9.17) is 5.26 Å². The fourth-order valence-electron chi connectivity index (χ4n) is 1.73. The highest BCUT2D eigenvalue weighted by atomic mass is 14.2. The van der Waals surface area contributed by atoms with Gasteiger partial charge in [-0.05, 0) is 24.0 Å². The van der Waals surface area contributed by atoms with Crippen LogP contribution >= 0.6 is 0 Å². The lowest BCUT2D eigenvalue weighted by Gasteiger charge is -2.13. The first-order chi connectivity index (χ1) is 6.40. The lowest BCUT2D eigenvalue weighted by Crippen LogP contribution is -1.98. The van der Waals surface area contributed by atoms with Crippen molar-refractivity contribution in [1.82, 2.24) is 0 Å². The monoisotopic (exact) mass is 169 g/mol. The normalized spacial score (nSPS) is 14.2. The Bertz CT molecular complexity index is 382. The van der Waals surface area contributed by atoms with Crippen LogP contribution in [0.1, 0.15) is 24.0 Å². The van der Waals surface area contributed by atoms with Crippen LogP contribution in [-0.4, -0.2) is 0 Å². The molecule has 0 aromatic heterocycles. The first-order valence-corrected chi connectivity index (χ1v) is 4.54. The number of hydrogen-bond acceptors (Lipinski definition) is 1. The molecule has 0 radical (unpaired) electrons. The van der Waals surface area contributed by atoms with E-state index in [2.05, 4.69) is 30.3 Å². The molecule has 0 bridgehead atoms. The molecule has 0 fully saturated rings. The number of hydrogen-bond donors (Lipinski definition) is 0. The van der Waals surface area contributed by atoms with E-state index in [-0.39, 0.29) is 0 Å². The Kier molecular flexibility index (Phi) is 2.14. The lowest BCUT2D eigenvalue weighted by molar-refractivity contribution is 0.902. The third kappa shape index (κ3) is 1.62. The molecule has 1 nitrogen and oxygen atoms in total. The Morgan fingerprint density at radius 3 is 2.92 bits per heavy atom. The molecule has 1 aromatic rings. The van der Waals surface area contributed by atoms with Gasteiger partial charge in [0.1, 0.15) is 0 Å². The van der Waals surface area contributed by atoms with Gasteiger partial charge in [0.2, 0.25) is 0 Å². The molecule has 13 heavy (non-hydrogen) atoms. The number of nitriles is 1. The van der Waals surface area contributed by atoms with E-state index in [1.807, 2.05) is 6.07 Å². The highest BCUT2D eigenvalue weighted by Gasteiger charge is 2.08.